The summed E-state index contributed by atoms with van der Waals surface area (Å²) in [5.74, 6) is -0.315. The third kappa shape index (κ3) is 2.73. The Balaban J connectivity index is 1.95. The molecule has 0 saturated carbocycles. The molecule has 5 nitrogen and oxygen atoms in total. The molecule has 2 unspecified atom stereocenters. The first-order valence-electron chi connectivity index (χ1n) is 5.99. The van der Waals surface area contributed by atoms with Crippen LogP contribution in [0.3, 0.4) is 0 Å². The Morgan fingerprint density at radius 2 is 2.28 bits per heavy atom. The monoisotopic (exact) mass is 251 g/mol. The van der Waals surface area contributed by atoms with Crippen LogP contribution in [0.2, 0.25) is 0 Å². The van der Waals surface area contributed by atoms with E-state index in [1.807, 2.05) is 6.92 Å². The van der Waals surface area contributed by atoms with Gasteiger partial charge in [-0.05, 0) is 25.5 Å². The molecule has 18 heavy (non-hydrogen) atoms. The van der Waals surface area contributed by atoms with Gasteiger partial charge in [-0.1, -0.05) is 0 Å². The molecule has 1 saturated heterocycles. The van der Waals surface area contributed by atoms with Crippen LogP contribution in [0.15, 0.2) is 18.2 Å². The van der Waals surface area contributed by atoms with Gasteiger partial charge in [-0.3, -0.25) is 4.79 Å². The van der Waals surface area contributed by atoms with E-state index in [0.29, 0.717) is 12.5 Å². The highest BCUT2D eigenvalue weighted by molar-refractivity contribution is 5.96. The van der Waals surface area contributed by atoms with Crippen LogP contribution >= 0.6 is 0 Å². The van der Waals surface area contributed by atoms with Gasteiger partial charge in [-0.2, -0.15) is 0 Å². The number of carbonyl (C=O) groups excluding carboxylic acids is 1. The zero-order chi connectivity index (χ0) is 13.1. The van der Waals surface area contributed by atoms with Gasteiger partial charge in [-0.25, -0.2) is 0 Å². The third-order valence-corrected chi connectivity index (χ3v) is 3.28. The second kappa shape index (κ2) is 5.27. The maximum Gasteiger partial charge on any atom is 0.255 e. The number of nitrogens with one attached hydrogen (secondary N) is 1. The lowest BCUT2D eigenvalue weighted by molar-refractivity contribution is 0.0905. The van der Waals surface area contributed by atoms with E-state index >= 15 is 0 Å². The van der Waals surface area contributed by atoms with Crippen molar-refractivity contribution in [2.45, 2.75) is 19.4 Å². The first kappa shape index (κ1) is 12.7. The summed E-state index contributed by atoms with van der Waals surface area (Å²) < 4.78 is 5.41. The molecule has 98 valence electrons. The molecular formula is C13H17NO4. The van der Waals surface area contributed by atoms with Gasteiger partial charge in [0.15, 0.2) is 0 Å². The zero-order valence-corrected chi connectivity index (χ0v) is 10.2. The molecule has 1 fully saturated rings. The van der Waals surface area contributed by atoms with E-state index in [1.165, 1.54) is 12.1 Å². The SMILES string of the molecule is CC1OCCC1CNC(=O)c1ccc(O)cc1O. The molecule has 0 aliphatic carbocycles. The predicted molar refractivity (Wildman–Crippen MR) is 65.6 cm³/mol. The van der Waals surface area contributed by atoms with E-state index in [2.05, 4.69) is 5.32 Å². The van der Waals surface area contributed by atoms with Gasteiger partial charge in [0.25, 0.3) is 5.91 Å². The van der Waals surface area contributed by atoms with Crippen molar-refractivity contribution in [3.63, 3.8) is 0 Å². The van der Waals surface area contributed by atoms with E-state index in [4.69, 9.17) is 9.84 Å². The van der Waals surface area contributed by atoms with E-state index in [1.54, 1.807) is 0 Å². The Morgan fingerprint density at radius 3 is 2.89 bits per heavy atom. The van der Waals surface area contributed by atoms with Gasteiger partial charge in [0, 0.05) is 25.1 Å². The third-order valence-electron chi connectivity index (χ3n) is 3.28. The van der Waals surface area contributed by atoms with E-state index < -0.39 is 0 Å². The summed E-state index contributed by atoms with van der Waals surface area (Å²) in [6, 6.07) is 3.92. The van der Waals surface area contributed by atoms with Gasteiger partial charge in [0.05, 0.1) is 11.7 Å². The fourth-order valence-electron chi connectivity index (χ4n) is 2.08. The number of ether oxygens (including phenoxy) is 1. The fourth-order valence-corrected chi connectivity index (χ4v) is 2.08. The zero-order valence-electron chi connectivity index (χ0n) is 10.2. The molecule has 1 aromatic rings. The largest absolute Gasteiger partial charge is 0.508 e. The summed E-state index contributed by atoms with van der Waals surface area (Å²) in [6.07, 6.45) is 1.09. The van der Waals surface area contributed by atoms with Gasteiger partial charge in [-0.15, -0.1) is 0 Å². The van der Waals surface area contributed by atoms with E-state index in [0.717, 1.165) is 19.1 Å². The molecular weight excluding hydrogens is 234 g/mol. The van der Waals surface area contributed by atoms with Crippen LogP contribution in [0.1, 0.15) is 23.7 Å². The number of hydrogen-bond acceptors (Lipinski definition) is 4. The van der Waals surface area contributed by atoms with Crippen molar-refractivity contribution in [1.29, 1.82) is 0 Å². The molecule has 2 atom stereocenters. The molecule has 5 heteroatoms. The second-order valence-electron chi connectivity index (χ2n) is 4.54. The Labute approximate surface area is 105 Å². The number of rotatable bonds is 3. The minimum absolute atomic E-state index is 0.0677. The summed E-state index contributed by atoms with van der Waals surface area (Å²) in [5, 5.41) is 21.5. The van der Waals surface area contributed by atoms with Crippen LogP contribution in [0.25, 0.3) is 0 Å². The van der Waals surface area contributed by atoms with E-state index in [9.17, 15) is 9.90 Å². The van der Waals surface area contributed by atoms with Crippen LogP contribution < -0.4 is 5.32 Å². The van der Waals surface area contributed by atoms with Crippen LogP contribution in [0.5, 0.6) is 11.5 Å². The van der Waals surface area contributed by atoms with Gasteiger partial charge in [0.1, 0.15) is 11.5 Å². The molecule has 1 aliphatic rings. The molecule has 1 heterocycles. The van der Waals surface area contributed by atoms with Crippen LogP contribution in [-0.2, 0) is 4.74 Å². The molecule has 0 radical (unpaired) electrons. The minimum Gasteiger partial charge on any atom is -0.508 e. The molecule has 0 aromatic heterocycles. The van der Waals surface area contributed by atoms with Crippen molar-refractivity contribution in [2.75, 3.05) is 13.2 Å². The normalized spacial score (nSPS) is 22.9. The Hall–Kier alpha value is -1.75. The maximum absolute atomic E-state index is 11.8. The Bertz CT molecular complexity index is 447. The number of hydrogen-bond donors (Lipinski definition) is 3. The first-order valence-corrected chi connectivity index (χ1v) is 5.99. The van der Waals surface area contributed by atoms with Crippen molar-refractivity contribution in [2.24, 2.45) is 5.92 Å². The highest BCUT2D eigenvalue weighted by Gasteiger charge is 2.24. The summed E-state index contributed by atoms with van der Waals surface area (Å²) in [6.45, 7) is 3.24. The number of carbonyl (C=O) groups is 1. The standard InChI is InChI=1S/C13H17NO4/c1-8-9(4-5-18-8)7-14-13(17)11-3-2-10(15)6-12(11)16/h2-3,6,8-9,15-16H,4-5,7H2,1H3,(H,14,17). The Morgan fingerprint density at radius 1 is 1.50 bits per heavy atom. The molecule has 3 N–H and O–H groups in total. The highest BCUT2D eigenvalue weighted by Crippen LogP contribution is 2.23. The van der Waals surface area contributed by atoms with Gasteiger partial charge >= 0.3 is 0 Å². The Kier molecular flexibility index (Phi) is 3.72. The predicted octanol–water partition coefficient (Wildman–Crippen LogP) is 1.25. The lowest BCUT2D eigenvalue weighted by Crippen LogP contribution is -2.31. The average Bonchev–Trinajstić information content (AvgIpc) is 2.72. The molecule has 0 spiro atoms. The second-order valence-corrected chi connectivity index (χ2v) is 4.54. The minimum atomic E-state index is -0.341. The number of benzene rings is 1. The van der Waals surface area contributed by atoms with Crippen molar-refractivity contribution in [1.82, 2.24) is 5.32 Å². The first-order chi connectivity index (χ1) is 8.58. The highest BCUT2D eigenvalue weighted by atomic mass is 16.5. The van der Waals surface area contributed by atoms with Crippen LogP contribution in [0, 0.1) is 5.92 Å². The number of aromatic hydroxyl groups is 2. The molecule has 2 rings (SSSR count). The molecule has 0 bridgehead atoms. The summed E-state index contributed by atoms with van der Waals surface area (Å²) >= 11 is 0. The fraction of sp³-hybridized carbons (Fsp3) is 0.462. The van der Waals surface area contributed by atoms with E-state index in [-0.39, 0.29) is 29.1 Å². The topological polar surface area (TPSA) is 78.8 Å². The summed E-state index contributed by atoms with van der Waals surface area (Å²) in [5.41, 5.74) is 0.166. The van der Waals surface area contributed by atoms with Gasteiger partial charge in [0.2, 0.25) is 0 Å². The lowest BCUT2D eigenvalue weighted by Gasteiger charge is -2.15. The van der Waals surface area contributed by atoms with Crippen molar-refractivity contribution in [3.8, 4) is 11.5 Å². The average molecular weight is 251 g/mol. The van der Waals surface area contributed by atoms with Crippen LogP contribution in [0.4, 0.5) is 0 Å². The van der Waals surface area contributed by atoms with Gasteiger partial charge < -0.3 is 20.3 Å². The number of amides is 1. The maximum atomic E-state index is 11.8. The summed E-state index contributed by atoms with van der Waals surface area (Å²) in [4.78, 5) is 11.8. The smallest absolute Gasteiger partial charge is 0.255 e. The molecule has 1 aliphatic heterocycles. The van der Waals surface area contributed by atoms with Crippen molar-refractivity contribution in [3.05, 3.63) is 23.8 Å². The number of phenols is 2. The number of phenolic OH excluding ortho intramolecular Hbond substituents is 2. The van der Waals surface area contributed by atoms with Crippen LogP contribution in [-0.4, -0.2) is 35.4 Å². The quantitative estimate of drug-likeness (QED) is 0.755. The molecule has 1 amide bonds. The summed E-state index contributed by atoms with van der Waals surface area (Å²) in [7, 11) is 0. The lowest BCUT2D eigenvalue weighted by atomic mass is 10.0. The molecule has 1 aromatic carbocycles. The van der Waals surface area contributed by atoms with Crippen molar-refractivity contribution >= 4 is 5.91 Å². The van der Waals surface area contributed by atoms with Crippen molar-refractivity contribution < 1.29 is 19.7 Å².